The monoisotopic (exact) mass is 334 g/mol. The van der Waals surface area contributed by atoms with Crippen molar-refractivity contribution in [1.29, 1.82) is 0 Å². The number of carbonyl (C=O) groups excluding carboxylic acids is 2. The number of hydrogen-bond donors (Lipinski definition) is 1. The molecular formula is C16H15FN2O3S. The Morgan fingerprint density at radius 3 is 2.91 bits per heavy atom. The van der Waals surface area contributed by atoms with Crippen molar-refractivity contribution in [1.82, 2.24) is 4.98 Å². The number of benzene rings is 1. The van der Waals surface area contributed by atoms with E-state index >= 15 is 0 Å². The Bertz CT molecular complexity index is 756. The highest BCUT2D eigenvalue weighted by Gasteiger charge is 2.16. The fraction of sp³-hybridized carbons (Fsp3) is 0.188. The highest BCUT2D eigenvalue weighted by Crippen LogP contribution is 2.23. The summed E-state index contributed by atoms with van der Waals surface area (Å²) in [5, 5.41) is 2.87. The molecule has 2 aromatic rings. The van der Waals surface area contributed by atoms with Crippen LogP contribution >= 0.6 is 11.3 Å². The van der Waals surface area contributed by atoms with Gasteiger partial charge in [-0.2, -0.15) is 0 Å². The summed E-state index contributed by atoms with van der Waals surface area (Å²) in [5.74, 6) is -1.25. The number of thiazole rings is 1. The van der Waals surface area contributed by atoms with Crippen LogP contribution in [0.2, 0.25) is 0 Å². The van der Waals surface area contributed by atoms with E-state index in [0.717, 1.165) is 11.3 Å². The van der Waals surface area contributed by atoms with E-state index in [1.54, 1.807) is 26.0 Å². The van der Waals surface area contributed by atoms with Crippen LogP contribution in [0.1, 0.15) is 27.9 Å². The van der Waals surface area contributed by atoms with Gasteiger partial charge < -0.3 is 4.74 Å². The molecule has 0 radical (unpaired) electrons. The average Bonchev–Trinajstić information content (AvgIpc) is 2.86. The van der Waals surface area contributed by atoms with Gasteiger partial charge in [-0.3, -0.25) is 10.1 Å². The van der Waals surface area contributed by atoms with Crippen LogP contribution in [-0.2, 0) is 9.53 Å². The molecular weight excluding hydrogens is 319 g/mol. The zero-order valence-corrected chi connectivity index (χ0v) is 13.4. The van der Waals surface area contributed by atoms with Gasteiger partial charge in [-0.1, -0.05) is 23.5 Å². The van der Waals surface area contributed by atoms with Crippen LogP contribution in [0.15, 0.2) is 30.3 Å². The van der Waals surface area contributed by atoms with E-state index in [0.29, 0.717) is 21.3 Å². The van der Waals surface area contributed by atoms with Gasteiger partial charge in [0.2, 0.25) is 5.91 Å². The summed E-state index contributed by atoms with van der Waals surface area (Å²) in [4.78, 5) is 28.0. The van der Waals surface area contributed by atoms with Crippen molar-refractivity contribution < 1.29 is 18.7 Å². The van der Waals surface area contributed by atoms with Gasteiger partial charge in [-0.25, -0.2) is 14.2 Å². The number of nitrogens with zero attached hydrogens (tertiary/aromatic N) is 1. The van der Waals surface area contributed by atoms with E-state index in [1.165, 1.54) is 24.3 Å². The van der Waals surface area contributed by atoms with Crippen molar-refractivity contribution >= 4 is 34.4 Å². The molecule has 0 atom stereocenters. The second-order valence-corrected chi connectivity index (χ2v) is 5.53. The Hall–Kier alpha value is -2.54. The number of aromatic nitrogens is 1. The minimum Gasteiger partial charge on any atom is -0.462 e. The van der Waals surface area contributed by atoms with Crippen molar-refractivity contribution in [2.75, 3.05) is 11.9 Å². The lowest BCUT2D eigenvalue weighted by atomic mass is 10.2. The maximum absolute atomic E-state index is 13.0. The van der Waals surface area contributed by atoms with E-state index in [2.05, 4.69) is 10.3 Å². The first-order chi connectivity index (χ1) is 11.0. The second-order valence-electron chi connectivity index (χ2n) is 4.53. The highest BCUT2D eigenvalue weighted by molar-refractivity contribution is 7.17. The molecule has 1 aromatic heterocycles. The molecule has 5 nitrogen and oxygen atoms in total. The number of aryl methyl sites for hydroxylation is 1. The maximum atomic E-state index is 13.0. The fourth-order valence-electron chi connectivity index (χ4n) is 1.77. The van der Waals surface area contributed by atoms with E-state index in [9.17, 15) is 14.0 Å². The molecule has 0 aliphatic carbocycles. The molecule has 0 aliphatic heterocycles. The molecule has 0 spiro atoms. The van der Waals surface area contributed by atoms with Gasteiger partial charge in [0.25, 0.3) is 0 Å². The average molecular weight is 334 g/mol. The zero-order valence-electron chi connectivity index (χ0n) is 12.6. The summed E-state index contributed by atoms with van der Waals surface area (Å²) in [6.45, 7) is 3.66. The Kier molecular flexibility index (Phi) is 5.59. The van der Waals surface area contributed by atoms with Crippen LogP contribution in [0.3, 0.4) is 0 Å². The van der Waals surface area contributed by atoms with E-state index < -0.39 is 11.9 Å². The lowest BCUT2D eigenvalue weighted by Crippen LogP contribution is -2.07. The molecule has 1 heterocycles. The van der Waals surface area contributed by atoms with Gasteiger partial charge in [-0.15, -0.1) is 0 Å². The predicted octanol–water partition coefficient (Wildman–Crippen LogP) is 3.42. The maximum Gasteiger partial charge on any atom is 0.350 e. The van der Waals surface area contributed by atoms with Crippen molar-refractivity contribution in [3.63, 3.8) is 0 Å². The van der Waals surface area contributed by atoms with Gasteiger partial charge in [-0.05, 0) is 37.6 Å². The van der Waals surface area contributed by atoms with E-state index in [4.69, 9.17) is 4.74 Å². The molecule has 23 heavy (non-hydrogen) atoms. The first-order valence-corrected chi connectivity index (χ1v) is 7.70. The number of halogens is 1. The summed E-state index contributed by atoms with van der Waals surface area (Å²) in [5.41, 5.74) is 1.07. The van der Waals surface area contributed by atoms with Crippen LogP contribution in [0.5, 0.6) is 0 Å². The van der Waals surface area contributed by atoms with Crippen molar-refractivity contribution in [2.24, 2.45) is 0 Å². The normalized spacial score (nSPS) is 10.7. The smallest absolute Gasteiger partial charge is 0.350 e. The number of anilines is 1. The Morgan fingerprint density at radius 1 is 1.43 bits per heavy atom. The fourth-order valence-corrected chi connectivity index (χ4v) is 2.63. The molecule has 0 saturated heterocycles. The van der Waals surface area contributed by atoms with Crippen LogP contribution in [0.4, 0.5) is 9.52 Å². The van der Waals surface area contributed by atoms with Gasteiger partial charge in [0.15, 0.2) is 5.13 Å². The quantitative estimate of drug-likeness (QED) is 0.672. The zero-order chi connectivity index (χ0) is 16.8. The first kappa shape index (κ1) is 16.8. The third-order valence-corrected chi connectivity index (χ3v) is 3.82. The minimum absolute atomic E-state index is 0.272. The molecule has 0 saturated carbocycles. The summed E-state index contributed by atoms with van der Waals surface area (Å²) in [6.07, 6.45) is 2.76. The lowest BCUT2D eigenvalue weighted by molar-refractivity contribution is -0.111. The summed E-state index contributed by atoms with van der Waals surface area (Å²) in [7, 11) is 0. The molecule has 7 heteroatoms. The second kappa shape index (κ2) is 7.64. The van der Waals surface area contributed by atoms with Gasteiger partial charge in [0.1, 0.15) is 10.7 Å². The molecule has 1 aromatic carbocycles. The Balaban J connectivity index is 2.03. The highest BCUT2D eigenvalue weighted by atomic mass is 32.1. The minimum atomic E-state index is -0.460. The molecule has 0 fully saturated rings. The summed E-state index contributed by atoms with van der Waals surface area (Å²) >= 11 is 1.05. The first-order valence-electron chi connectivity index (χ1n) is 6.88. The van der Waals surface area contributed by atoms with Gasteiger partial charge >= 0.3 is 5.97 Å². The summed E-state index contributed by atoms with van der Waals surface area (Å²) < 4.78 is 18.0. The molecule has 1 amide bonds. The van der Waals surface area contributed by atoms with Crippen LogP contribution < -0.4 is 5.32 Å². The lowest BCUT2D eigenvalue weighted by Gasteiger charge is -1.98. The van der Waals surface area contributed by atoms with Crippen LogP contribution in [0, 0.1) is 12.7 Å². The standard InChI is InChI=1S/C16H15FN2O3S/c1-3-22-15(21)14-10(2)18-16(23-14)19-13(20)8-7-11-5-4-6-12(17)9-11/h4-9H,3H2,1-2H3,(H,18,19,20)/b8-7+. The van der Waals surface area contributed by atoms with Crippen molar-refractivity contribution in [3.05, 3.63) is 52.3 Å². The Morgan fingerprint density at radius 2 is 2.22 bits per heavy atom. The van der Waals surface area contributed by atoms with Crippen molar-refractivity contribution in [2.45, 2.75) is 13.8 Å². The van der Waals surface area contributed by atoms with Crippen LogP contribution in [0.25, 0.3) is 6.08 Å². The van der Waals surface area contributed by atoms with E-state index in [-0.39, 0.29) is 12.4 Å². The molecule has 2 rings (SSSR count). The molecule has 0 bridgehead atoms. The number of amides is 1. The SMILES string of the molecule is CCOC(=O)c1sc(NC(=O)/C=C/c2cccc(F)c2)nc1C. The number of rotatable bonds is 5. The number of nitrogens with one attached hydrogen (secondary N) is 1. The molecule has 120 valence electrons. The van der Waals surface area contributed by atoms with Gasteiger partial charge in [0, 0.05) is 6.08 Å². The van der Waals surface area contributed by atoms with Crippen LogP contribution in [-0.4, -0.2) is 23.5 Å². The summed E-state index contributed by atoms with van der Waals surface area (Å²) in [6, 6.07) is 5.88. The topological polar surface area (TPSA) is 68.3 Å². The molecule has 0 aliphatic rings. The third-order valence-electron chi connectivity index (χ3n) is 2.76. The largest absolute Gasteiger partial charge is 0.462 e. The number of esters is 1. The molecule has 0 unspecified atom stereocenters. The number of ether oxygens (including phenoxy) is 1. The number of hydrogen-bond acceptors (Lipinski definition) is 5. The van der Waals surface area contributed by atoms with E-state index in [1.807, 2.05) is 0 Å². The third kappa shape index (κ3) is 4.72. The molecule has 1 N–H and O–H groups in total. The Labute approximate surface area is 136 Å². The van der Waals surface area contributed by atoms with Crippen molar-refractivity contribution in [3.8, 4) is 0 Å². The van der Waals surface area contributed by atoms with Gasteiger partial charge in [0.05, 0.1) is 12.3 Å². The number of carbonyl (C=O) groups is 2. The predicted molar refractivity (Wildman–Crippen MR) is 86.9 cm³/mol.